The Balaban J connectivity index is 2.87. The summed E-state index contributed by atoms with van der Waals surface area (Å²) in [6, 6.07) is 4.65. The second-order valence-electron chi connectivity index (χ2n) is 4.04. The Morgan fingerprint density at radius 1 is 1.53 bits per heavy atom. The van der Waals surface area contributed by atoms with E-state index in [0.29, 0.717) is 12.5 Å². The molecule has 0 unspecified atom stereocenters. The van der Waals surface area contributed by atoms with E-state index in [0.717, 1.165) is 6.42 Å². The van der Waals surface area contributed by atoms with Gasteiger partial charge in [-0.05, 0) is 24.5 Å². The highest BCUT2D eigenvalue weighted by molar-refractivity contribution is 7.89. The molecule has 0 atom stereocenters. The Morgan fingerprint density at radius 3 is 2.82 bits per heavy atom. The third-order valence-corrected chi connectivity index (χ3v) is 3.67. The van der Waals surface area contributed by atoms with E-state index in [-0.39, 0.29) is 10.6 Å². The first-order chi connectivity index (χ1) is 7.97. The highest BCUT2D eigenvalue weighted by atomic mass is 32.2. The molecular weight excluding hydrogens is 238 g/mol. The van der Waals surface area contributed by atoms with Crippen LogP contribution in [0.15, 0.2) is 23.2 Å². The van der Waals surface area contributed by atoms with Gasteiger partial charge in [-0.15, -0.1) is 0 Å². The molecule has 5 nitrogen and oxygen atoms in total. The van der Waals surface area contributed by atoms with Gasteiger partial charge in [-0.2, -0.15) is 5.26 Å². The van der Waals surface area contributed by atoms with E-state index in [4.69, 9.17) is 5.26 Å². The minimum absolute atomic E-state index is 0.0637. The Morgan fingerprint density at radius 2 is 2.24 bits per heavy atom. The van der Waals surface area contributed by atoms with E-state index < -0.39 is 10.0 Å². The molecule has 0 aliphatic heterocycles. The molecule has 1 heterocycles. The molecule has 0 spiro atoms. The lowest BCUT2D eigenvalue weighted by molar-refractivity contribution is 0.551. The quantitative estimate of drug-likeness (QED) is 0.856. The van der Waals surface area contributed by atoms with Crippen LogP contribution in [-0.2, 0) is 10.0 Å². The SMILES string of the molecule is CC(C)CCNS(=O)(=O)c1cccnc1C#N. The Hall–Kier alpha value is -1.45. The van der Waals surface area contributed by atoms with Gasteiger partial charge < -0.3 is 0 Å². The molecule has 1 aromatic heterocycles. The van der Waals surface area contributed by atoms with Gasteiger partial charge in [0, 0.05) is 12.7 Å². The van der Waals surface area contributed by atoms with Crippen molar-refractivity contribution in [1.82, 2.24) is 9.71 Å². The summed E-state index contributed by atoms with van der Waals surface area (Å²) in [5.74, 6) is 0.419. The number of rotatable bonds is 5. The van der Waals surface area contributed by atoms with Crippen molar-refractivity contribution in [3.63, 3.8) is 0 Å². The van der Waals surface area contributed by atoms with E-state index in [1.165, 1.54) is 18.3 Å². The number of nitriles is 1. The highest BCUT2D eigenvalue weighted by Gasteiger charge is 2.18. The van der Waals surface area contributed by atoms with Crippen LogP contribution in [0.1, 0.15) is 26.0 Å². The number of aromatic nitrogens is 1. The first-order valence-corrected chi connectivity index (χ1v) is 6.80. The molecule has 0 saturated heterocycles. The van der Waals surface area contributed by atoms with Gasteiger partial charge in [0.05, 0.1) is 0 Å². The summed E-state index contributed by atoms with van der Waals surface area (Å²) in [6.07, 6.45) is 2.15. The van der Waals surface area contributed by atoms with E-state index in [1.807, 2.05) is 13.8 Å². The maximum Gasteiger partial charge on any atom is 0.243 e. The van der Waals surface area contributed by atoms with Gasteiger partial charge in [-0.25, -0.2) is 18.1 Å². The second kappa shape index (κ2) is 5.75. The lowest BCUT2D eigenvalue weighted by atomic mass is 10.1. The molecule has 1 aromatic rings. The number of pyridine rings is 1. The maximum atomic E-state index is 11.9. The monoisotopic (exact) mass is 253 g/mol. The zero-order chi connectivity index (χ0) is 12.9. The van der Waals surface area contributed by atoms with E-state index in [2.05, 4.69) is 9.71 Å². The van der Waals surface area contributed by atoms with Crippen molar-refractivity contribution < 1.29 is 8.42 Å². The fourth-order valence-corrected chi connectivity index (χ4v) is 2.40. The molecule has 0 amide bonds. The Bertz CT molecular complexity index is 518. The number of nitrogens with zero attached hydrogens (tertiary/aromatic N) is 2. The molecule has 0 radical (unpaired) electrons. The van der Waals surface area contributed by atoms with Gasteiger partial charge in [0.25, 0.3) is 0 Å². The second-order valence-corrected chi connectivity index (χ2v) is 5.78. The van der Waals surface area contributed by atoms with Crippen LogP contribution < -0.4 is 4.72 Å². The van der Waals surface area contributed by atoms with Crippen LogP contribution in [0.4, 0.5) is 0 Å². The van der Waals surface area contributed by atoms with Crippen LogP contribution in [0.5, 0.6) is 0 Å². The van der Waals surface area contributed by atoms with Crippen molar-refractivity contribution in [2.24, 2.45) is 5.92 Å². The fraction of sp³-hybridized carbons (Fsp3) is 0.455. The zero-order valence-electron chi connectivity index (χ0n) is 9.84. The lowest BCUT2D eigenvalue weighted by Gasteiger charge is -2.08. The molecule has 92 valence electrons. The Labute approximate surface area is 102 Å². The predicted octanol–water partition coefficient (Wildman–Crippen LogP) is 1.28. The molecule has 1 rings (SSSR count). The minimum Gasteiger partial charge on any atom is -0.244 e. The molecule has 0 aliphatic carbocycles. The average Bonchev–Trinajstić information content (AvgIpc) is 2.28. The number of hydrogen-bond acceptors (Lipinski definition) is 4. The van der Waals surface area contributed by atoms with Crippen LogP contribution in [0, 0.1) is 17.2 Å². The van der Waals surface area contributed by atoms with Gasteiger partial charge in [-0.1, -0.05) is 13.8 Å². The normalized spacial score (nSPS) is 11.4. The number of sulfonamides is 1. The number of hydrogen-bond donors (Lipinski definition) is 1. The summed E-state index contributed by atoms with van der Waals surface area (Å²) in [5.41, 5.74) is -0.0791. The molecule has 0 fully saturated rings. The van der Waals surface area contributed by atoms with Crippen LogP contribution in [0.25, 0.3) is 0 Å². The van der Waals surface area contributed by atoms with Crippen molar-refractivity contribution in [2.75, 3.05) is 6.54 Å². The molecule has 0 aliphatic rings. The summed E-state index contributed by atoms with van der Waals surface area (Å²) in [5, 5.41) is 8.79. The lowest BCUT2D eigenvalue weighted by Crippen LogP contribution is -2.26. The number of nitrogens with one attached hydrogen (secondary N) is 1. The van der Waals surface area contributed by atoms with Gasteiger partial charge in [-0.3, -0.25) is 0 Å². The highest BCUT2D eigenvalue weighted by Crippen LogP contribution is 2.11. The molecule has 6 heteroatoms. The maximum absolute atomic E-state index is 11.9. The van der Waals surface area contributed by atoms with Crippen LogP contribution in [0.2, 0.25) is 0 Å². The van der Waals surface area contributed by atoms with Crippen molar-refractivity contribution >= 4 is 10.0 Å². The van der Waals surface area contributed by atoms with Gasteiger partial charge in [0.1, 0.15) is 11.0 Å². The summed E-state index contributed by atoms with van der Waals surface area (Å²) in [4.78, 5) is 3.66. The summed E-state index contributed by atoms with van der Waals surface area (Å²) in [7, 11) is -3.63. The average molecular weight is 253 g/mol. The van der Waals surface area contributed by atoms with Gasteiger partial charge in [0.15, 0.2) is 5.69 Å². The smallest absolute Gasteiger partial charge is 0.243 e. The molecule has 17 heavy (non-hydrogen) atoms. The Kier molecular flexibility index (Phi) is 4.61. The summed E-state index contributed by atoms with van der Waals surface area (Å²) < 4.78 is 26.2. The molecule has 1 N–H and O–H groups in total. The van der Waals surface area contributed by atoms with Crippen LogP contribution in [0.3, 0.4) is 0 Å². The molecule has 0 saturated carbocycles. The first-order valence-electron chi connectivity index (χ1n) is 5.32. The van der Waals surface area contributed by atoms with Crippen molar-refractivity contribution in [2.45, 2.75) is 25.2 Å². The van der Waals surface area contributed by atoms with Crippen LogP contribution >= 0.6 is 0 Å². The summed E-state index contributed by atoms with van der Waals surface area (Å²) in [6.45, 7) is 4.39. The van der Waals surface area contributed by atoms with Crippen LogP contribution in [-0.4, -0.2) is 19.9 Å². The predicted molar refractivity (Wildman–Crippen MR) is 63.6 cm³/mol. The van der Waals surface area contributed by atoms with E-state index in [1.54, 1.807) is 6.07 Å². The van der Waals surface area contributed by atoms with Crippen molar-refractivity contribution in [3.8, 4) is 6.07 Å². The fourth-order valence-electron chi connectivity index (χ4n) is 1.25. The topological polar surface area (TPSA) is 82.8 Å². The van der Waals surface area contributed by atoms with Gasteiger partial charge >= 0.3 is 0 Å². The van der Waals surface area contributed by atoms with Gasteiger partial charge in [0.2, 0.25) is 10.0 Å². The molecular formula is C11H15N3O2S. The van der Waals surface area contributed by atoms with Crippen molar-refractivity contribution in [3.05, 3.63) is 24.0 Å². The zero-order valence-corrected chi connectivity index (χ0v) is 10.7. The van der Waals surface area contributed by atoms with E-state index in [9.17, 15) is 8.42 Å². The largest absolute Gasteiger partial charge is 0.244 e. The van der Waals surface area contributed by atoms with Crippen molar-refractivity contribution in [1.29, 1.82) is 5.26 Å². The van der Waals surface area contributed by atoms with E-state index >= 15 is 0 Å². The standard InChI is InChI=1S/C11H15N3O2S/c1-9(2)5-7-14-17(15,16)11-4-3-6-13-10(11)8-12/h3-4,6,9,14H,5,7H2,1-2H3. The minimum atomic E-state index is -3.63. The first kappa shape index (κ1) is 13.6. The third-order valence-electron chi connectivity index (χ3n) is 2.18. The third kappa shape index (κ3) is 3.80. The summed E-state index contributed by atoms with van der Waals surface area (Å²) >= 11 is 0. The molecule has 0 bridgehead atoms. The molecule has 0 aromatic carbocycles.